The molecule has 0 saturated heterocycles. The molecule has 0 aliphatic carbocycles. The minimum Gasteiger partial charge on any atom is -0.478 e. The molecule has 0 aliphatic rings. The molecule has 0 atom stereocenters. The normalized spacial score (nSPS) is 10.9. The molecule has 12 heteroatoms. The first-order chi connectivity index (χ1) is 23.7. The Balaban J connectivity index is 1.51. The second kappa shape index (κ2) is 12.6. The zero-order chi connectivity index (χ0) is 34.2. The summed E-state index contributed by atoms with van der Waals surface area (Å²) in [5.74, 6) is -1.57. The van der Waals surface area contributed by atoms with E-state index >= 15 is 0 Å². The molecule has 9 nitrogen and oxygen atoms in total. The first kappa shape index (κ1) is 31.1. The fourth-order valence-electron chi connectivity index (χ4n) is 5.69. The number of hydrogen-bond donors (Lipinski definition) is 2. The summed E-state index contributed by atoms with van der Waals surface area (Å²) in [6.45, 7) is 0. The molecule has 236 valence electrons. The third-order valence-corrected chi connectivity index (χ3v) is 9.74. The topological polar surface area (TPSA) is 151 Å². The SMILES string of the molecule is N#Cc1ccc(Sn2c(-c3cccc(-c4ccc(C(=O)O)cc4-n4ccc(N)nc4=O)c3)c(-c3ccsc3C#N)c3cc(F)ccc32)cc1. The minimum absolute atomic E-state index is 0.0247. The Bertz CT molecular complexity index is 2590. The van der Waals surface area contributed by atoms with E-state index in [-0.39, 0.29) is 17.1 Å². The van der Waals surface area contributed by atoms with Crippen molar-refractivity contribution in [2.45, 2.75) is 4.90 Å². The Kier molecular flexibility index (Phi) is 8.02. The van der Waals surface area contributed by atoms with Crippen LogP contribution in [0.1, 0.15) is 20.8 Å². The van der Waals surface area contributed by atoms with Crippen LogP contribution >= 0.6 is 23.3 Å². The molecular formula is C37H21FN6O3S2. The summed E-state index contributed by atoms with van der Waals surface area (Å²) in [5, 5.41) is 31.6. The number of carbonyl (C=O) groups is 1. The van der Waals surface area contributed by atoms with E-state index in [1.54, 1.807) is 24.3 Å². The van der Waals surface area contributed by atoms with Crippen molar-refractivity contribution in [3.63, 3.8) is 0 Å². The van der Waals surface area contributed by atoms with Gasteiger partial charge in [-0.2, -0.15) is 15.5 Å². The number of benzene rings is 4. The number of carboxylic acid groups (broad SMARTS) is 1. The van der Waals surface area contributed by atoms with Gasteiger partial charge < -0.3 is 10.8 Å². The van der Waals surface area contributed by atoms with Gasteiger partial charge in [0.05, 0.1) is 34.1 Å². The number of thiophene rings is 1. The number of aromatic carboxylic acids is 1. The summed E-state index contributed by atoms with van der Waals surface area (Å²) in [6.07, 6.45) is 1.44. The summed E-state index contributed by atoms with van der Waals surface area (Å²) >= 11 is 2.67. The summed E-state index contributed by atoms with van der Waals surface area (Å²) in [7, 11) is 0. The summed E-state index contributed by atoms with van der Waals surface area (Å²) in [5.41, 5.74) is 10.4. The Labute approximate surface area is 286 Å². The highest BCUT2D eigenvalue weighted by Gasteiger charge is 2.25. The lowest BCUT2D eigenvalue weighted by Crippen LogP contribution is -2.22. The highest BCUT2D eigenvalue weighted by atomic mass is 32.2. The molecule has 49 heavy (non-hydrogen) atoms. The van der Waals surface area contributed by atoms with Gasteiger partial charge in [-0.1, -0.05) is 24.3 Å². The lowest BCUT2D eigenvalue weighted by molar-refractivity contribution is 0.0697. The maximum Gasteiger partial charge on any atom is 0.354 e. The van der Waals surface area contributed by atoms with E-state index in [0.717, 1.165) is 4.90 Å². The van der Waals surface area contributed by atoms with Crippen molar-refractivity contribution in [3.8, 4) is 51.3 Å². The van der Waals surface area contributed by atoms with Crippen LogP contribution in [-0.2, 0) is 0 Å². The van der Waals surface area contributed by atoms with Crippen molar-refractivity contribution in [2.24, 2.45) is 0 Å². The summed E-state index contributed by atoms with van der Waals surface area (Å²) in [6, 6.07) is 31.3. The van der Waals surface area contributed by atoms with E-state index in [9.17, 15) is 29.6 Å². The average molecular weight is 681 g/mol. The lowest BCUT2D eigenvalue weighted by atomic mass is 9.95. The minimum atomic E-state index is -1.16. The van der Waals surface area contributed by atoms with Crippen LogP contribution in [0, 0.1) is 28.5 Å². The number of rotatable bonds is 7. The number of carboxylic acids is 1. The van der Waals surface area contributed by atoms with E-state index in [0.29, 0.717) is 54.9 Å². The molecule has 3 aromatic heterocycles. The number of nitriles is 2. The molecule has 0 amide bonds. The van der Waals surface area contributed by atoms with Gasteiger partial charge >= 0.3 is 11.7 Å². The molecule has 3 N–H and O–H groups in total. The number of nitrogens with zero attached hydrogens (tertiary/aromatic N) is 5. The lowest BCUT2D eigenvalue weighted by Gasteiger charge is -2.16. The summed E-state index contributed by atoms with van der Waals surface area (Å²) < 4.78 is 18.2. The van der Waals surface area contributed by atoms with Gasteiger partial charge in [-0.15, -0.1) is 11.3 Å². The fourth-order valence-corrected chi connectivity index (χ4v) is 7.40. The molecule has 3 heterocycles. The van der Waals surface area contributed by atoms with Crippen molar-refractivity contribution in [3.05, 3.63) is 141 Å². The molecule has 7 rings (SSSR count). The molecule has 0 aliphatic heterocycles. The predicted molar refractivity (Wildman–Crippen MR) is 188 cm³/mol. The van der Waals surface area contributed by atoms with Crippen molar-refractivity contribution in [1.82, 2.24) is 13.5 Å². The molecule has 0 radical (unpaired) electrons. The van der Waals surface area contributed by atoms with Crippen LogP contribution < -0.4 is 11.4 Å². The fraction of sp³-hybridized carbons (Fsp3) is 0. The van der Waals surface area contributed by atoms with Gasteiger partial charge in [0.25, 0.3) is 0 Å². The Morgan fingerprint density at radius 1 is 0.918 bits per heavy atom. The molecule has 0 saturated carbocycles. The number of fused-ring (bicyclic) bond motifs is 1. The van der Waals surface area contributed by atoms with Gasteiger partial charge in [0.1, 0.15) is 22.6 Å². The second-order valence-electron chi connectivity index (χ2n) is 10.8. The number of aromatic nitrogens is 3. The summed E-state index contributed by atoms with van der Waals surface area (Å²) in [4.78, 5) is 30.0. The van der Waals surface area contributed by atoms with Crippen LogP contribution in [-0.4, -0.2) is 24.6 Å². The maximum absolute atomic E-state index is 14.9. The van der Waals surface area contributed by atoms with E-state index < -0.39 is 17.5 Å². The number of nitrogens with two attached hydrogens (primary N) is 1. The van der Waals surface area contributed by atoms with Crippen LogP contribution in [0.2, 0.25) is 0 Å². The van der Waals surface area contributed by atoms with Crippen molar-refractivity contribution < 1.29 is 14.3 Å². The smallest absolute Gasteiger partial charge is 0.354 e. The number of nitrogen functional groups attached to an aromatic ring is 1. The van der Waals surface area contributed by atoms with Gasteiger partial charge in [0, 0.05) is 38.7 Å². The van der Waals surface area contributed by atoms with E-state index in [1.807, 2.05) is 51.8 Å². The van der Waals surface area contributed by atoms with Gasteiger partial charge in [-0.3, -0.25) is 8.54 Å². The first-order valence-electron chi connectivity index (χ1n) is 14.6. The van der Waals surface area contributed by atoms with Crippen LogP contribution in [0.4, 0.5) is 10.2 Å². The third-order valence-electron chi connectivity index (χ3n) is 7.88. The first-order valence-corrected chi connectivity index (χ1v) is 16.2. The highest BCUT2D eigenvalue weighted by molar-refractivity contribution is 7.98. The predicted octanol–water partition coefficient (Wildman–Crippen LogP) is 7.97. The molecule has 0 spiro atoms. The van der Waals surface area contributed by atoms with E-state index in [2.05, 4.69) is 17.1 Å². The van der Waals surface area contributed by atoms with Gasteiger partial charge in [0.15, 0.2) is 0 Å². The Hall–Kier alpha value is -6.47. The molecular weight excluding hydrogens is 660 g/mol. The Morgan fingerprint density at radius 3 is 2.45 bits per heavy atom. The number of hydrogen-bond acceptors (Lipinski definition) is 8. The molecule has 4 aromatic carbocycles. The monoisotopic (exact) mass is 680 g/mol. The van der Waals surface area contributed by atoms with Crippen LogP contribution in [0.25, 0.3) is 50.1 Å². The van der Waals surface area contributed by atoms with Gasteiger partial charge in [0.2, 0.25) is 0 Å². The van der Waals surface area contributed by atoms with Crippen molar-refractivity contribution >= 4 is 46.0 Å². The highest BCUT2D eigenvalue weighted by Crippen LogP contribution is 2.47. The molecule has 0 fully saturated rings. The molecule has 7 aromatic rings. The third kappa shape index (κ3) is 5.72. The molecule has 0 bridgehead atoms. The van der Waals surface area contributed by atoms with Crippen LogP contribution in [0.15, 0.2) is 118 Å². The van der Waals surface area contributed by atoms with Gasteiger partial charge in [-0.05, 0) is 95.7 Å². The van der Waals surface area contributed by atoms with Crippen LogP contribution in [0.3, 0.4) is 0 Å². The maximum atomic E-state index is 14.9. The largest absolute Gasteiger partial charge is 0.478 e. The second-order valence-corrected chi connectivity index (χ2v) is 12.7. The van der Waals surface area contributed by atoms with Crippen molar-refractivity contribution in [1.29, 1.82) is 10.5 Å². The van der Waals surface area contributed by atoms with E-state index in [1.165, 1.54) is 64.4 Å². The van der Waals surface area contributed by atoms with Crippen molar-refractivity contribution in [2.75, 3.05) is 5.73 Å². The zero-order valence-corrected chi connectivity index (χ0v) is 26.8. The zero-order valence-electron chi connectivity index (χ0n) is 25.2. The van der Waals surface area contributed by atoms with E-state index in [4.69, 9.17) is 5.73 Å². The number of anilines is 1. The van der Waals surface area contributed by atoms with Gasteiger partial charge in [-0.25, -0.2) is 14.0 Å². The van der Waals surface area contributed by atoms with Crippen LogP contribution in [0.5, 0.6) is 0 Å². The quantitative estimate of drug-likeness (QED) is 0.172. The number of halogens is 1. The Morgan fingerprint density at radius 2 is 1.71 bits per heavy atom. The standard InChI is InChI=1S/C37H21FN6O3S2/c38-25-7-11-30-29(18-25)34(28-13-15-48-32(28)20-40)35(44(30)49-26-8-4-21(19-39)5-9-26)23-3-1-2-22(16-23)27-10-6-24(36(45)46)17-31(27)43-14-12-33(41)42-37(43)47/h1-18H,(H,45,46)(H2,41,42,47). The molecule has 0 unspecified atom stereocenters. The average Bonchev–Trinajstić information content (AvgIpc) is 3.70.